The molecule has 0 spiro atoms. The van der Waals surface area contributed by atoms with Gasteiger partial charge in [-0.2, -0.15) is 0 Å². The van der Waals surface area contributed by atoms with E-state index in [4.69, 9.17) is 10.2 Å². The van der Waals surface area contributed by atoms with Crippen LogP contribution in [-0.4, -0.2) is 28.7 Å². The molecule has 3 heteroatoms. The highest BCUT2D eigenvalue weighted by molar-refractivity contribution is 5.79. The average Bonchev–Trinajstić information content (AvgIpc) is 2.10. The van der Waals surface area contributed by atoms with E-state index in [1.807, 2.05) is 0 Å². The van der Waals surface area contributed by atoms with Crippen molar-refractivity contribution < 1.29 is 15.0 Å². The lowest BCUT2D eigenvalue weighted by molar-refractivity contribution is -0.125. The van der Waals surface area contributed by atoms with E-state index in [2.05, 4.69) is 0 Å². The number of unbranched alkanes of at least 4 members (excludes halogenated alkanes) is 4. The van der Waals surface area contributed by atoms with Crippen LogP contribution < -0.4 is 0 Å². The van der Waals surface area contributed by atoms with Crippen LogP contribution >= 0.6 is 0 Å². The molecule has 0 bridgehead atoms. The summed E-state index contributed by atoms with van der Waals surface area (Å²) in [6.45, 7) is 1.67. The highest BCUT2D eigenvalue weighted by Gasteiger charge is 2.07. The second-order valence-corrected chi connectivity index (χ2v) is 3.41. The van der Waals surface area contributed by atoms with Crippen LogP contribution in [0.5, 0.6) is 0 Å². The van der Waals surface area contributed by atoms with Crippen LogP contribution in [0.2, 0.25) is 0 Å². The Balaban J connectivity index is 3.11. The third-order valence-corrected chi connectivity index (χ3v) is 2.10. The molecule has 0 aromatic heterocycles. The largest absolute Gasteiger partial charge is 0.396 e. The molecule has 1 atom stereocenters. The van der Waals surface area contributed by atoms with Crippen LogP contribution in [0.15, 0.2) is 0 Å². The van der Waals surface area contributed by atoms with Gasteiger partial charge < -0.3 is 10.2 Å². The normalized spacial score (nSPS) is 12.8. The number of rotatable bonds is 8. The minimum atomic E-state index is -0.766. The van der Waals surface area contributed by atoms with Gasteiger partial charge in [0.05, 0.1) is 0 Å². The Morgan fingerprint density at radius 1 is 1.15 bits per heavy atom. The lowest BCUT2D eigenvalue weighted by Crippen LogP contribution is -2.16. The monoisotopic (exact) mass is 188 g/mol. The molecule has 0 rings (SSSR count). The zero-order valence-corrected chi connectivity index (χ0v) is 8.33. The van der Waals surface area contributed by atoms with Crippen molar-refractivity contribution >= 4 is 5.78 Å². The first kappa shape index (κ1) is 12.6. The van der Waals surface area contributed by atoms with Gasteiger partial charge >= 0.3 is 0 Å². The molecule has 0 aliphatic rings. The van der Waals surface area contributed by atoms with Crippen LogP contribution in [0.1, 0.15) is 45.4 Å². The van der Waals surface area contributed by atoms with Crippen LogP contribution in [0.4, 0.5) is 0 Å². The summed E-state index contributed by atoms with van der Waals surface area (Å²) in [5, 5.41) is 17.6. The minimum Gasteiger partial charge on any atom is -0.396 e. The fourth-order valence-corrected chi connectivity index (χ4v) is 1.18. The third-order valence-electron chi connectivity index (χ3n) is 2.10. The molecule has 0 aromatic rings. The van der Waals surface area contributed by atoms with Crippen molar-refractivity contribution in [2.45, 2.75) is 51.6 Å². The molecule has 0 saturated heterocycles. The fraction of sp³-hybridized carbons (Fsp3) is 0.900. The summed E-state index contributed by atoms with van der Waals surface area (Å²) < 4.78 is 0. The van der Waals surface area contributed by atoms with Gasteiger partial charge in [0, 0.05) is 6.61 Å². The summed E-state index contributed by atoms with van der Waals surface area (Å²) >= 11 is 0. The summed E-state index contributed by atoms with van der Waals surface area (Å²) in [6.07, 6.45) is 4.70. The van der Waals surface area contributed by atoms with Crippen molar-refractivity contribution in [2.24, 2.45) is 0 Å². The van der Waals surface area contributed by atoms with Gasteiger partial charge in [-0.3, -0.25) is 4.79 Å². The molecule has 1 unspecified atom stereocenters. The van der Waals surface area contributed by atoms with Crippen molar-refractivity contribution in [1.82, 2.24) is 0 Å². The predicted octanol–water partition coefficient (Wildman–Crippen LogP) is 1.27. The number of hydrogen-bond donors (Lipinski definition) is 2. The molecular formula is C10H20O3. The Bertz CT molecular complexity index is 134. The topological polar surface area (TPSA) is 57.5 Å². The van der Waals surface area contributed by atoms with Gasteiger partial charge in [0.2, 0.25) is 0 Å². The third kappa shape index (κ3) is 7.94. The first-order valence-corrected chi connectivity index (χ1v) is 4.98. The Kier molecular flexibility index (Phi) is 7.94. The number of Topliss-reactive ketones (excluding diaryl/α,β-unsaturated/α-hetero) is 1. The smallest absolute Gasteiger partial charge is 0.158 e. The zero-order chi connectivity index (χ0) is 10.1. The lowest BCUT2D eigenvalue weighted by atomic mass is 10.1. The second-order valence-electron chi connectivity index (χ2n) is 3.41. The molecule has 0 aromatic carbocycles. The summed E-state index contributed by atoms with van der Waals surface area (Å²) in [4.78, 5) is 10.6. The number of ketones is 1. The molecule has 13 heavy (non-hydrogen) atoms. The van der Waals surface area contributed by atoms with E-state index in [0.29, 0.717) is 6.42 Å². The van der Waals surface area contributed by atoms with Crippen molar-refractivity contribution in [1.29, 1.82) is 0 Å². The lowest BCUT2D eigenvalue weighted by Gasteiger charge is -2.05. The van der Waals surface area contributed by atoms with Gasteiger partial charge in [0.25, 0.3) is 0 Å². The van der Waals surface area contributed by atoms with E-state index in [1.54, 1.807) is 0 Å². The Labute approximate surface area is 79.8 Å². The van der Waals surface area contributed by atoms with E-state index < -0.39 is 6.10 Å². The molecule has 0 saturated carbocycles. The van der Waals surface area contributed by atoms with E-state index in [0.717, 1.165) is 32.1 Å². The number of carbonyl (C=O) groups excluding carboxylic acids is 1. The van der Waals surface area contributed by atoms with Gasteiger partial charge in [0.1, 0.15) is 6.10 Å². The summed E-state index contributed by atoms with van der Waals surface area (Å²) in [5.74, 6) is -0.143. The highest BCUT2D eigenvalue weighted by atomic mass is 16.3. The molecule has 0 amide bonds. The van der Waals surface area contributed by atoms with Gasteiger partial charge in [-0.05, 0) is 19.8 Å². The molecule has 78 valence electrons. The maximum absolute atomic E-state index is 10.6. The van der Waals surface area contributed by atoms with E-state index in [9.17, 15) is 4.79 Å². The van der Waals surface area contributed by atoms with Crippen molar-refractivity contribution in [2.75, 3.05) is 6.61 Å². The Morgan fingerprint density at radius 3 is 2.23 bits per heavy atom. The molecule has 3 nitrogen and oxygen atoms in total. The average molecular weight is 188 g/mol. The zero-order valence-electron chi connectivity index (χ0n) is 8.33. The standard InChI is InChI=1S/C10H20O3/c1-9(12)10(13)7-5-3-2-4-6-8-11/h10-11,13H,2-8H2,1H3. The van der Waals surface area contributed by atoms with Gasteiger partial charge in [-0.15, -0.1) is 0 Å². The van der Waals surface area contributed by atoms with Gasteiger partial charge in [-0.25, -0.2) is 0 Å². The van der Waals surface area contributed by atoms with Crippen LogP contribution in [0.3, 0.4) is 0 Å². The van der Waals surface area contributed by atoms with Gasteiger partial charge in [-0.1, -0.05) is 25.7 Å². The molecule has 0 radical (unpaired) electrons. The number of carbonyl (C=O) groups is 1. The summed E-state index contributed by atoms with van der Waals surface area (Å²) in [6, 6.07) is 0. The Hall–Kier alpha value is -0.410. The molecule has 2 N–H and O–H groups in total. The number of aliphatic hydroxyl groups is 2. The maximum atomic E-state index is 10.6. The SMILES string of the molecule is CC(=O)C(O)CCCCCCCO. The first-order chi connectivity index (χ1) is 6.18. The van der Waals surface area contributed by atoms with Crippen molar-refractivity contribution in [3.8, 4) is 0 Å². The molecule has 0 fully saturated rings. The first-order valence-electron chi connectivity index (χ1n) is 4.98. The quantitative estimate of drug-likeness (QED) is 0.564. The maximum Gasteiger partial charge on any atom is 0.158 e. The molecule has 0 aliphatic heterocycles. The predicted molar refractivity (Wildman–Crippen MR) is 51.5 cm³/mol. The second kappa shape index (κ2) is 8.20. The minimum absolute atomic E-state index is 0.143. The van der Waals surface area contributed by atoms with Crippen molar-refractivity contribution in [3.63, 3.8) is 0 Å². The van der Waals surface area contributed by atoms with Gasteiger partial charge in [0.15, 0.2) is 5.78 Å². The Morgan fingerprint density at radius 2 is 1.69 bits per heavy atom. The van der Waals surface area contributed by atoms with E-state index >= 15 is 0 Å². The molecular weight excluding hydrogens is 168 g/mol. The number of hydrogen-bond acceptors (Lipinski definition) is 3. The molecule has 0 aliphatic carbocycles. The summed E-state index contributed by atoms with van der Waals surface area (Å²) in [7, 11) is 0. The van der Waals surface area contributed by atoms with Crippen LogP contribution in [0.25, 0.3) is 0 Å². The van der Waals surface area contributed by atoms with E-state index in [1.165, 1.54) is 6.92 Å². The van der Waals surface area contributed by atoms with Crippen LogP contribution in [0, 0.1) is 0 Å². The van der Waals surface area contributed by atoms with E-state index in [-0.39, 0.29) is 12.4 Å². The summed E-state index contributed by atoms with van der Waals surface area (Å²) in [5.41, 5.74) is 0. The highest BCUT2D eigenvalue weighted by Crippen LogP contribution is 2.07. The number of aliphatic hydroxyl groups excluding tert-OH is 2. The van der Waals surface area contributed by atoms with Crippen molar-refractivity contribution in [3.05, 3.63) is 0 Å². The molecule has 0 heterocycles. The van der Waals surface area contributed by atoms with Crippen LogP contribution in [-0.2, 0) is 4.79 Å². The fourth-order valence-electron chi connectivity index (χ4n) is 1.18.